The number of carbonyl (C=O) groups excluding carboxylic acids is 2. The minimum Gasteiger partial charge on any atom is -0.355 e. The lowest BCUT2D eigenvalue weighted by atomic mass is 10.0. The van der Waals surface area contributed by atoms with Crippen LogP contribution in [0.15, 0.2) is 76.1 Å². The van der Waals surface area contributed by atoms with Gasteiger partial charge in [-0.2, -0.15) is 10.4 Å². The molecule has 12 heteroatoms. The first-order valence-corrected chi connectivity index (χ1v) is 14.8. The Morgan fingerprint density at radius 1 is 1.09 bits per heavy atom. The van der Waals surface area contributed by atoms with Gasteiger partial charge >= 0.3 is 0 Å². The van der Waals surface area contributed by atoms with Crippen LogP contribution >= 0.6 is 27.5 Å². The minimum atomic E-state index is -0.546. The number of halogens is 3. The van der Waals surface area contributed by atoms with Crippen LogP contribution < -0.4 is 10.9 Å². The lowest BCUT2D eigenvalue weighted by Gasteiger charge is -2.30. The summed E-state index contributed by atoms with van der Waals surface area (Å²) in [6.45, 7) is 0.427. The second kappa shape index (κ2) is 11.7. The molecule has 0 bridgehead atoms. The summed E-state index contributed by atoms with van der Waals surface area (Å²) in [6, 6.07) is 17.8. The van der Waals surface area contributed by atoms with Crippen LogP contribution in [-0.4, -0.2) is 44.5 Å². The second-order valence-electron chi connectivity index (χ2n) is 10.3. The fraction of sp³-hybridized carbons (Fsp3) is 0.156. The topological polar surface area (TPSA) is 112 Å². The first kappa shape index (κ1) is 29.3. The molecular formula is C32H23BrClFN6O3. The number of nitrogens with zero attached hydrogens (tertiary/aromatic N) is 5. The highest BCUT2D eigenvalue weighted by Gasteiger charge is 2.29. The Morgan fingerprint density at radius 3 is 2.52 bits per heavy atom. The molecule has 1 N–H and O–H groups in total. The average Bonchev–Trinajstić information content (AvgIpc) is 3.46. The van der Waals surface area contributed by atoms with E-state index in [1.807, 2.05) is 6.07 Å². The number of aromatic nitrogens is 3. The first-order chi connectivity index (χ1) is 21.2. The Morgan fingerprint density at radius 2 is 1.84 bits per heavy atom. The molecule has 44 heavy (non-hydrogen) atoms. The van der Waals surface area contributed by atoms with Crippen molar-refractivity contribution in [2.45, 2.75) is 19.4 Å². The molecule has 0 unspecified atom stereocenters. The Kier molecular flexibility index (Phi) is 7.80. The van der Waals surface area contributed by atoms with Crippen LogP contribution in [0.5, 0.6) is 0 Å². The summed E-state index contributed by atoms with van der Waals surface area (Å²) in [5.41, 5.74) is 3.61. The Labute approximate surface area is 264 Å². The molecule has 3 heterocycles. The average molecular weight is 674 g/mol. The van der Waals surface area contributed by atoms with E-state index in [0.29, 0.717) is 60.9 Å². The summed E-state index contributed by atoms with van der Waals surface area (Å²) in [7, 11) is 1.54. The lowest BCUT2D eigenvalue weighted by molar-refractivity contribution is 0.0729. The zero-order valence-electron chi connectivity index (χ0n) is 23.3. The lowest BCUT2D eigenvalue weighted by Crippen LogP contribution is -2.41. The maximum atomic E-state index is 15.0. The number of benzene rings is 3. The molecule has 0 saturated carbocycles. The zero-order valence-corrected chi connectivity index (χ0v) is 25.6. The molecule has 5 aromatic rings. The van der Waals surface area contributed by atoms with Gasteiger partial charge in [-0.25, -0.2) is 8.91 Å². The van der Waals surface area contributed by atoms with E-state index in [1.54, 1.807) is 64.1 Å². The van der Waals surface area contributed by atoms with Crippen molar-refractivity contribution in [1.82, 2.24) is 24.4 Å². The zero-order chi connectivity index (χ0) is 31.1. The molecule has 3 aromatic carbocycles. The van der Waals surface area contributed by atoms with E-state index in [1.165, 1.54) is 23.7 Å². The predicted octanol–water partition coefficient (Wildman–Crippen LogP) is 5.06. The van der Waals surface area contributed by atoms with Crippen molar-refractivity contribution in [1.29, 1.82) is 5.26 Å². The van der Waals surface area contributed by atoms with Crippen molar-refractivity contribution < 1.29 is 14.0 Å². The van der Waals surface area contributed by atoms with Gasteiger partial charge in [-0.3, -0.25) is 19.0 Å². The molecule has 0 aliphatic carbocycles. The third-order valence-electron chi connectivity index (χ3n) is 7.70. The van der Waals surface area contributed by atoms with Gasteiger partial charge in [0.1, 0.15) is 11.5 Å². The van der Waals surface area contributed by atoms with Gasteiger partial charge in [0, 0.05) is 46.7 Å². The molecule has 0 radical (unpaired) electrons. The summed E-state index contributed by atoms with van der Waals surface area (Å²) in [5, 5.41) is 16.8. The fourth-order valence-corrected chi connectivity index (χ4v) is 5.86. The van der Waals surface area contributed by atoms with Gasteiger partial charge in [-0.15, -0.1) is 0 Å². The predicted molar refractivity (Wildman–Crippen MR) is 166 cm³/mol. The molecule has 220 valence electrons. The SMILES string of the molecule is CNC(=O)c1ccc(-n2c(=O)c3c(n4ncc(Cc5ccc(C#N)cc5F)c24)CN(C(=O)c2ccc(Br)c(Cl)c2)CC3)cc1. The van der Waals surface area contributed by atoms with Crippen molar-refractivity contribution >= 4 is 45.0 Å². The number of fused-ring (bicyclic) bond motifs is 3. The molecule has 1 aliphatic rings. The summed E-state index contributed by atoms with van der Waals surface area (Å²) < 4.78 is 18.8. The normalized spacial score (nSPS) is 12.6. The van der Waals surface area contributed by atoms with E-state index in [0.717, 1.165) is 0 Å². The van der Waals surface area contributed by atoms with Crippen LogP contribution in [0.2, 0.25) is 5.02 Å². The van der Waals surface area contributed by atoms with Gasteiger partial charge in [0.2, 0.25) is 0 Å². The second-order valence-corrected chi connectivity index (χ2v) is 11.6. The molecule has 2 amide bonds. The Balaban J connectivity index is 1.49. The van der Waals surface area contributed by atoms with E-state index in [-0.39, 0.29) is 42.3 Å². The van der Waals surface area contributed by atoms with E-state index in [4.69, 9.17) is 16.9 Å². The van der Waals surface area contributed by atoms with Crippen molar-refractivity contribution in [3.8, 4) is 11.8 Å². The van der Waals surface area contributed by atoms with Gasteiger partial charge < -0.3 is 10.2 Å². The number of rotatable bonds is 5. The molecule has 9 nitrogen and oxygen atoms in total. The van der Waals surface area contributed by atoms with Gasteiger partial charge in [-0.05, 0) is 82.5 Å². The third-order valence-corrected chi connectivity index (χ3v) is 8.93. The van der Waals surface area contributed by atoms with Crippen LogP contribution in [0.3, 0.4) is 0 Å². The highest BCUT2D eigenvalue weighted by Crippen LogP contribution is 2.28. The van der Waals surface area contributed by atoms with E-state index >= 15 is 0 Å². The third kappa shape index (κ3) is 5.16. The number of carbonyl (C=O) groups is 2. The molecular weight excluding hydrogens is 651 g/mol. The van der Waals surface area contributed by atoms with Crippen LogP contribution in [0.1, 0.15) is 48.7 Å². The van der Waals surface area contributed by atoms with E-state index in [9.17, 15) is 18.8 Å². The monoisotopic (exact) mass is 672 g/mol. The highest BCUT2D eigenvalue weighted by molar-refractivity contribution is 9.10. The standard InChI is InChI=1S/C32H23BrClFN6O3/c1-37-29(42)19-4-7-23(8-5-19)40-30-22(13-20-3-2-18(15-36)12-27(20)35)16-38-41(30)28-17-39(11-10-24(28)32(40)44)31(43)21-6-9-25(33)26(34)14-21/h2-9,12,14,16H,10-11,13,17H2,1H3,(H,37,42). The number of hydrogen-bond donors (Lipinski definition) is 1. The molecule has 1 aliphatic heterocycles. The van der Waals surface area contributed by atoms with Crippen molar-refractivity contribution in [3.63, 3.8) is 0 Å². The van der Waals surface area contributed by atoms with Gasteiger partial charge in [0.05, 0.1) is 40.8 Å². The van der Waals surface area contributed by atoms with Crippen LogP contribution in [0.4, 0.5) is 4.39 Å². The molecule has 0 atom stereocenters. The maximum Gasteiger partial charge on any atom is 0.261 e. The molecule has 2 aromatic heterocycles. The summed E-state index contributed by atoms with van der Waals surface area (Å²) >= 11 is 9.59. The smallest absolute Gasteiger partial charge is 0.261 e. The summed E-state index contributed by atoms with van der Waals surface area (Å²) in [4.78, 5) is 41.5. The van der Waals surface area contributed by atoms with Gasteiger partial charge in [-0.1, -0.05) is 17.7 Å². The summed E-state index contributed by atoms with van der Waals surface area (Å²) in [5.74, 6) is -1.05. The van der Waals surface area contributed by atoms with E-state index in [2.05, 4.69) is 26.3 Å². The largest absolute Gasteiger partial charge is 0.355 e. The minimum absolute atomic E-state index is 0.0929. The van der Waals surface area contributed by atoms with Gasteiger partial charge in [0.15, 0.2) is 0 Å². The number of nitriles is 1. The van der Waals surface area contributed by atoms with Crippen LogP contribution in [0.25, 0.3) is 11.3 Å². The quantitative estimate of drug-likeness (QED) is 0.280. The first-order valence-electron chi connectivity index (χ1n) is 13.6. The fourth-order valence-electron chi connectivity index (χ4n) is 5.44. The molecule has 0 saturated heterocycles. The molecule has 6 rings (SSSR count). The van der Waals surface area contributed by atoms with Crippen LogP contribution in [-0.2, 0) is 19.4 Å². The number of nitrogens with one attached hydrogen (secondary N) is 1. The van der Waals surface area contributed by atoms with Crippen molar-refractivity contribution in [2.75, 3.05) is 13.6 Å². The van der Waals surface area contributed by atoms with E-state index < -0.39 is 5.82 Å². The molecule has 0 spiro atoms. The summed E-state index contributed by atoms with van der Waals surface area (Å²) in [6.07, 6.45) is 1.96. The maximum absolute atomic E-state index is 15.0. The van der Waals surface area contributed by atoms with Crippen LogP contribution in [0, 0.1) is 17.1 Å². The Bertz CT molecular complexity index is 2080. The highest BCUT2D eigenvalue weighted by atomic mass is 79.9. The molecule has 0 fully saturated rings. The number of hydrogen-bond acceptors (Lipinski definition) is 5. The Hall–Kier alpha value is -4.79. The van der Waals surface area contributed by atoms with Crippen molar-refractivity contribution in [2.24, 2.45) is 0 Å². The van der Waals surface area contributed by atoms with Crippen molar-refractivity contribution in [3.05, 3.63) is 132 Å². The number of amides is 2. The van der Waals surface area contributed by atoms with Gasteiger partial charge in [0.25, 0.3) is 17.4 Å².